The molecule has 252 valence electrons. The fraction of sp³-hybridized carbons (Fsp3) is 0.562. The molecule has 3 amide bonds. The molecule has 2 aliphatic rings. The number of carbonyl (C=O) groups excluding carboxylic acids is 2. The minimum absolute atomic E-state index is 0.119. The van der Waals surface area contributed by atoms with Crippen LogP contribution < -0.4 is 29.5 Å². The van der Waals surface area contributed by atoms with Crippen LogP contribution in [-0.2, 0) is 20.8 Å². The minimum Gasteiger partial charge on any atom is -0.495 e. The number of rotatable bonds is 14. The summed E-state index contributed by atoms with van der Waals surface area (Å²) in [6, 6.07) is 0.698. The van der Waals surface area contributed by atoms with Crippen LogP contribution in [0.25, 0.3) is 0 Å². The number of urea groups is 1. The number of hydrogen-bond donors (Lipinski definition) is 1. The number of carbonyl (C=O) groups is 2. The molecule has 1 aromatic carbocycles. The highest BCUT2D eigenvalue weighted by molar-refractivity contribution is 6.42. The van der Waals surface area contributed by atoms with Crippen molar-refractivity contribution in [3.63, 3.8) is 0 Å². The highest BCUT2D eigenvalue weighted by Gasteiger charge is 2.42. The molecule has 4 rings (SSSR count). The van der Waals surface area contributed by atoms with Crippen molar-refractivity contribution in [2.45, 2.75) is 76.3 Å². The molecule has 1 aliphatic carbocycles. The summed E-state index contributed by atoms with van der Waals surface area (Å²) in [5.74, 6) is 1.29. The summed E-state index contributed by atoms with van der Waals surface area (Å²) in [5, 5.41) is 3.47. The van der Waals surface area contributed by atoms with Crippen LogP contribution in [0.1, 0.15) is 51.0 Å². The van der Waals surface area contributed by atoms with E-state index in [4.69, 9.17) is 52.1 Å². The third-order valence-electron chi connectivity index (χ3n) is 8.68. The second-order valence-electron chi connectivity index (χ2n) is 11.4. The van der Waals surface area contributed by atoms with Crippen molar-refractivity contribution in [2.75, 3.05) is 56.7 Å². The molecular weight excluding hydrogens is 635 g/mol. The molecule has 46 heavy (non-hydrogen) atoms. The first-order chi connectivity index (χ1) is 22.1. The van der Waals surface area contributed by atoms with Gasteiger partial charge in [0, 0.05) is 45.6 Å². The molecule has 12 nitrogen and oxygen atoms in total. The number of benzene rings is 1. The summed E-state index contributed by atoms with van der Waals surface area (Å²) >= 11 is 13.3. The van der Waals surface area contributed by atoms with Gasteiger partial charge in [-0.15, -0.1) is 0 Å². The van der Waals surface area contributed by atoms with Gasteiger partial charge in [0.25, 0.3) is 0 Å². The first-order valence-electron chi connectivity index (χ1n) is 15.4. The Morgan fingerprint density at radius 2 is 1.74 bits per heavy atom. The van der Waals surface area contributed by atoms with Crippen molar-refractivity contribution >= 4 is 52.6 Å². The first kappa shape index (κ1) is 35.5. The standard InChI is InChI=1S/C32H44Cl2N6O6/c1-8-10-11-12-13-39(21-15-23(44-5)22(43-4)14-20(21)36-26(41)9-2)31-35-17-19-18-40(32(42)38(3)30(19)37-31)29-27(33)24(45-6)16-25(46-7)28(29)34/h9,16-17,20-23H,2,8,10-15,18H2,1,3-7H3,(H,36,41). The SMILES string of the molecule is C=CC(=O)NC1CC(OC)C(OC)CC1N(CCCCCC)c1ncc2c(n1)N(C)C(=O)N(c1c(Cl)c(OC)cc(OC)c1Cl)C2. The highest BCUT2D eigenvalue weighted by Crippen LogP contribution is 2.48. The lowest BCUT2D eigenvalue weighted by molar-refractivity contribution is -0.119. The summed E-state index contributed by atoms with van der Waals surface area (Å²) in [7, 11) is 7.92. The van der Waals surface area contributed by atoms with Crippen molar-refractivity contribution < 1.29 is 28.5 Å². The number of halogens is 2. The Morgan fingerprint density at radius 3 is 2.33 bits per heavy atom. The summed E-state index contributed by atoms with van der Waals surface area (Å²) < 4.78 is 22.4. The van der Waals surface area contributed by atoms with Gasteiger partial charge in [-0.3, -0.25) is 14.6 Å². The smallest absolute Gasteiger partial charge is 0.330 e. The minimum atomic E-state index is -0.387. The van der Waals surface area contributed by atoms with Crippen molar-refractivity contribution in [1.82, 2.24) is 15.3 Å². The Hall–Kier alpha value is -3.32. The number of anilines is 3. The lowest BCUT2D eigenvalue weighted by Crippen LogP contribution is -2.60. The van der Waals surface area contributed by atoms with Gasteiger partial charge in [0.1, 0.15) is 27.4 Å². The normalized spacial score (nSPS) is 21.1. The number of ether oxygens (including phenoxy) is 4. The van der Waals surface area contributed by atoms with Crippen LogP contribution in [-0.4, -0.2) is 88.2 Å². The Morgan fingerprint density at radius 1 is 1.09 bits per heavy atom. The van der Waals surface area contributed by atoms with Crippen LogP contribution in [0.15, 0.2) is 24.9 Å². The molecule has 14 heteroatoms. The van der Waals surface area contributed by atoms with Crippen molar-refractivity contribution in [1.29, 1.82) is 0 Å². The largest absolute Gasteiger partial charge is 0.495 e. The van der Waals surface area contributed by atoms with Crippen LogP contribution >= 0.6 is 23.2 Å². The number of unbranched alkanes of at least 4 members (excludes halogenated alkanes) is 3. The average Bonchev–Trinajstić information content (AvgIpc) is 3.07. The third-order valence-corrected chi connectivity index (χ3v) is 9.41. The first-order valence-corrected chi connectivity index (χ1v) is 16.2. The van der Waals surface area contributed by atoms with Crippen molar-refractivity contribution in [3.8, 4) is 11.5 Å². The molecule has 0 bridgehead atoms. The molecule has 2 aromatic rings. The monoisotopic (exact) mass is 678 g/mol. The lowest BCUT2D eigenvalue weighted by Gasteiger charge is -2.45. The predicted molar refractivity (Wildman–Crippen MR) is 180 cm³/mol. The Labute approximate surface area is 280 Å². The van der Waals surface area contributed by atoms with E-state index in [1.807, 2.05) is 0 Å². The maximum atomic E-state index is 13.9. The zero-order valence-corrected chi connectivity index (χ0v) is 28.9. The number of amides is 3. The maximum Gasteiger partial charge on any atom is 0.330 e. The van der Waals surface area contributed by atoms with Gasteiger partial charge in [-0.2, -0.15) is 4.98 Å². The van der Waals surface area contributed by atoms with E-state index in [0.717, 1.165) is 25.7 Å². The number of nitrogens with one attached hydrogen (secondary N) is 1. The average molecular weight is 680 g/mol. The van der Waals surface area contributed by atoms with Crippen LogP contribution in [0.5, 0.6) is 11.5 Å². The van der Waals surface area contributed by atoms with Gasteiger partial charge in [0.05, 0.1) is 50.7 Å². The van der Waals surface area contributed by atoms with Crippen LogP contribution in [0.2, 0.25) is 10.0 Å². The van der Waals surface area contributed by atoms with E-state index in [-0.39, 0.29) is 58.5 Å². The molecule has 4 unspecified atom stereocenters. The molecule has 1 N–H and O–H groups in total. The molecule has 2 heterocycles. The summed E-state index contributed by atoms with van der Waals surface area (Å²) in [6.07, 6.45) is 7.81. The van der Waals surface area contributed by atoms with E-state index in [1.54, 1.807) is 33.5 Å². The van der Waals surface area contributed by atoms with Gasteiger partial charge < -0.3 is 29.2 Å². The van der Waals surface area contributed by atoms with E-state index in [9.17, 15) is 9.59 Å². The van der Waals surface area contributed by atoms with E-state index in [0.29, 0.717) is 48.2 Å². The van der Waals surface area contributed by atoms with E-state index < -0.39 is 0 Å². The molecule has 1 aliphatic heterocycles. The summed E-state index contributed by atoms with van der Waals surface area (Å²) in [5.41, 5.74) is 0.963. The third kappa shape index (κ3) is 7.30. The Kier molecular flexibility index (Phi) is 12.4. The van der Waals surface area contributed by atoms with Crippen LogP contribution in [0.4, 0.5) is 22.2 Å². The number of fused-ring (bicyclic) bond motifs is 1. The van der Waals surface area contributed by atoms with Gasteiger partial charge in [-0.1, -0.05) is 56.0 Å². The number of methoxy groups -OCH3 is 4. The molecule has 1 aromatic heterocycles. The van der Waals surface area contributed by atoms with Gasteiger partial charge >= 0.3 is 6.03 Å². The van der Waals surface area contributed by atoms with Crippen molar-refractivity contribution in [3.05, 3.63) is 40.5 Å². The second kappa shape index (κ2) is 16.0. The highest BCUT2D eigenvalue weighted by atomic mass is 35.5. The Balaban J connectivity index is 1.74. The molecule has 0 spiro atoms. The fourth-order valence-corrected chi connectivity index (χ4v) is 6.90. The molecular formula is C32H44Cl2N6O6. The van der Waals surface area contributed by atoms with E-state index in [1.165, 1.54) is 30.1 Å². The fourth-order valence-electron chi connectivity index (χ4n) is 6.20. The Bertz CT molecular complexity index is 1390. The topological polar surface area (TPSA) is 119 Å². The molecule has 1 saturated carbocycles. The maximum absolute atomic E-state index is 13.9. The van der Waals surface area contributed by atoms with Gasteiger partial charge in [-0.25, -0.2) is 9.78 Å². The number of hydrogen-bond acceptors (Lipinski definition) is 9. The van der Waals surface area contributed by atoms with Gasteiger partial charge in [-0.05, 0) is 25.3 Å². The molecule has 1 fully saturated rings. The summed E-state index contributed by atoms with van der Waals surface area (Å²) in [6.45, 7) is 6.57. The molecule has 0 radical (unpaired) electrons. The number of nitrogens with zero attached hydrogens (tertiary/aromatic N) is 5. The quantitative estimate of drug-likeness (QED) is 0.200. The van der Waals surface area contributed by atoms with Crippen molar-refractivity contribution in [2.24, 2.45) is 0 Å². The zero-order valence-electron chi connectivity index (χ0n) is 27.3. The van der Waals surface area contributed by atoms with Crippen LogP contribution in [0, 0.1) is 0 Å². The van der Waals surface area contributed by atoms with Gasteiger partial charge in [0.15, 0.2) is 0 Å². The predicted octanol–water partition coefficient (Wildman–Crippen LogP) is 5.63. The lowest BCUT2D eigenvalue weighted by atomic mass is 9.84. The number of aromatic nitrogens is 2. The molecule has 0 saturated heterocycles. The van der Waals surface area contributed by atoms with Crippen LogP contribution in [0.3, 0.4) is 0 Å². The zero-order chi connectivity index (χ0) is 33.5. The van der Waals surface area contributed by atoms with Gasteiger partial charge in [0.2, 0.25) is 11.9 Å². The van der Waals surface area contributed by atoms with E-state index in [2.05, 4.69) is 23.7 Å². The van der Waals surface area contributed by atoms with E-state index >= 15 is 0 Å². The molecule has 4 atom stereocenters. The summed E-state index contributed by atoms with van der Waals surface area (Å²) in [4.78, 5) is 41.2. The second-order valence-corrected chi connectivity index (χ2v) is 12.1.